The molecule has 33 heavy (non-hydrogen) atoms. The van der Waals surface area contributed by atoms with Gasteiger partial charge in [0.2, 0.25) is 0 Å². The minimum Gasteiger partial charge on any atom is -0.301 e. The second kappa shape index (κ2) is 8.30. The maximum absolute atomic E-state index is 13.0. The highest BCUT2D eigenvalue weighted by molar-refractivity contribution is 5.85. The molecule has 1 aliphatic rings. The van der Waals surface area contributed by atoms with Crippen LogP contribution in [0.15, 0.2) is 84.0 Å². The maximum atomic E-state index is 13.0. The molecule has 1 saturated heterocycles. The molecule has 1 fully saturated rings. The first-order valence-corrected chi connectivity index (χ1v) is 11.5. The fourth-order valence-electron chi connectivity index (χ4n) is 4.74. The monoisotopic (exact) mass is 435 g/mol. The van der Waals surface area contributed by atoms with Crippen molar-refractivity contribution in [3.63, 3.8) is 0 Å². The fourth-order valence-corrected chi connectivity index (χ4v) is 4.74. The molecule has 0 atom stereocenters. The van der Waals surface area contributed by atoms with Gasteiger partial charge in [0.05, 0.1) is 24.0 Å². The SMILES string of the molecule is O=c1cc(-c2cc3ccccc3cn2)ccn1-c1ccc2c(cnn2CCN2CCCC2)c1. The molecule has 3 aromatic heterocycles. The number of hydrogen-bond donors (Lipinski definition) is 0. The van der Waals surface area contributed by atoms with E-state index in [-0.39, 0.29) is 5.56 Å². The first-order chi connectivity index (χ1) is 16.2. The predicted molar refractivity (Wildman–Crippen MR) is 132 cm³/mol. The lowest BCUT2D eigenvalue weighted by Crippen LogP contribution is -2.24. The van der Waals surface area contributed by atoms with Crippen molar-refractivity contribution in [2.45, 2.75) is 19.4 Å². The van der Waals surface area contributed by atoms with Crippen LogP contribution in [0.3, 0.4) is 0 Å². The Kier molecular flexibility index (Phi) is 5.00. The zero-order valence-corrected chi connectivity index (χ0v) is 18.4. The number of aromatic nitrogens is 4. The molecule has 6 nitrogen and oxygen atoms in total. The highest BCUT2D eigenvalue weighted by Crippen LogP contribution is 2.22. The van der Waals surface area contributed by atoms with Crippen LogP contribution in [-0.2, 0) is 6.54 Å². The molecule has 0 spiro atoms. The second-order valence-corrected chi connectivity index (χ2v) is 8.70. The van der Waals surface area contributed by atoms with Gasteiger partial charge >= 0.3 is 0 Å². The van der Waals surface area contributed by atoms with E-state index in [0.717, 1.165) is 51.7 Å². The van der Waals surface area contributed by atoms with Crippen molar-refractivity contribution in [1.29, 1.82) is 0 Å². The van der Waals surface area contributed by atoms with Crippen molar-refractivity contribution in [3.8, 4) is 16.9 Å². The van der Waals surface area contributed by atoms with Gasteiger partial charge in [0.1, 0.15) is 0 Å². The van der Waals surface area contributed by atoms with E-state index in [1.165, 1.54) is 25.9 Å². The summed E-state index contributed by atoms with van der Waals surface area (Å²) in [5.74, 6) is 0. The minimum atomic E-state index is -0.0803. The Hall–Kier alpha value is -3.77. The average Bonchev–Trinajstić information content (AvgIpc) is 3.52. The van der Waals surface area contributed by atoms with Gasteiger partial charge in [-0.25, -0.2) is 0 Å². The third-order valence-corrected chi connectivity index (χ3v) is 6.58. The topological polar surface area (TPSA) is 56.0 Å². The molecule has 0 amide bonds. The van der Waals surface area contributed by atoms with Crippen LogP contribution in [0.4, 0.5) is 0 Å². The normalized spacial score (nSPS) is 14.4. The molecule has 6 rings (SSSR count). The van der Waals surface area contributed by atoms with E-state index in [4.69, 9.17) is 0 Å². The van der Waals surface area contributed by atoms with Crippen LogP contribution in [-0.4, -0.2) is 43.9 Å². The van der Waals surface area contributed by atoms with Gasteiger partial charge in [-0.3, -0.25) is 19.0 Å². The largest absolute Gasteiger partial charge is 0.301 e. The summed E-state index contributed by atoms with van der Waals surface area (Å²) >= 11 is 0. The van der Waals surface area contributed by atoms with Crippen LogP contribution in [0, 0.1) is 0 Å². The molecule has 164 valence electrons. The number of rotatable bonds is 5. The van der Waals surface area contributed by atoms with E-state index < -0.39 is 0 Å². The zero-order chi connectivity index (χ0) is 22.2. The Bertz CT molecular complexity index is 1510. The van der Waals surface area contributed by atoms with E-state index in [1.54, 1.807) is 10.6 Å². The van der Waals surface area contributed by atoms with Crippen molar-refractivity contribution in [1.82, 2.24) is 24.2 Å². The van der Waals surface area contributed by atoms with Crippen LogP contribution < -0.4 is 5.56 Å². The smallest absolute Gasteiger partial charge is 0.255 e. The first-order valence-electron chi connectivity index (χ1n) is 11.5. The summed E-state index contributed by atoms with van der Waals surface area (Å²) in [5, 5.41) is 7.83. The Morgan fingerprint density at radius 1 is 0.818 bits per heavy atom. The van der Waals surface area contributed by atoms with Crippen LogP contribution in [0.2, 0.25) is 0 Å². The van der Waals surface area contributed by atoms with Gasteiger partial charge in [0.15, 0.2) is 0 Å². The van der Waals surface area contributed by atoms with Crippen LogP contribution >= 0.6 is 0 Å². The number of benzene rings is 2. The molecule has 0 aliphatic carbocycles. The number of likely N-dealkylation sites (tertiary alicyclic amines) is 1. The number of fused-ring (bicyclic) bond motifs is 2. The van der Waals surface area contributed by atoms with Crippen molar-refractivity contribution in [2.24, 2.45) is 0 Å². The highest BCUT2D eigenvalue weighted by atomic mass is 16.1. The van der Waals surface area contributed by atoms with Crippen LogP contribution in [0.1, 0.15) is 12.8 Å². The molecular weight excluding hydrogens is 410 g/mol. The van der Waals surface area contributed by atoms with E-state index in [1.807, 2.05) is 61.1 Å². The molecule has 0 unspecified atom stereocenters. The number of hydrogen-bond acceptors (Lipinski definition) is 4. The molecule has 2 aromatic carbocycles. The van der Waals surface area contributed by atoms with Gasteiger partial charge in [-0.05, 0) is 61.6 Å². The van der Waals surface area contributed by atoms with Gasteiger partial charge in [0.25, 0.3) is 5.56 Å². The first kappa shape index (κ1) is 19.9. The average molecular weight is 436 g/mol. The highest BCUT2D eigenvalue weighted by Gasteiger charge is 2.12. The Labute approximate surface area is 191 Å². The van der Waals surface area contributed by atoms with Crippen molar-refractivity contribution < 1.29 is 0 Å². The summed E-state index contributed by atoms with van der Waals surface area (Å²) in [7, 11) is 0. The lowest BCUT2D eigenvalue weighted by Gasteiger charge is -2.14. The van der Waals surface area contributed by atoms with Crippen LogP contribution in [0.5, 0.6) is 0 Å². The van der Waals surface area contributed by atoms with E-state index in [2.05, 4.69) is 31.8 Å². The number of pyridine rings is 2. The molecule has 0 N–H and O–H groups in total. The van der Waals surface area contributed by atoms with Gasteiger partial charge in [-0.15, -0.1) is 0 Å². The molecule has 1 aliphatic heterocycles. The Morgan fingerprint density at radius 3 is 2.52 bits per heavy atom. The van der Waals surface area contributed by atoms with Crippen molar-refractivity contribution in [2.75, 3.05) is 19.6 Å². The third-order valence-electron chi connectivity index (χ3n) is 6.58. The van der Waals surface area contributed by atoms with Gasteiger partial charge < -0.3 is 4.90 Å². The molecular formula is C27H25N5O. The van der Waals surface area contributed by atoms with Gasteiger partial charge in [-0.1, -0.05) is 24.3 Å². The molecule has 4 heterocycles. The zero-order valence-electron chi connectivity index (χ0n) is 18.4. The lowest BCUT2D eigenvalue weighted by atomic mass is 10.1. The van der Waals surface area contributed by atoms with E-state index >= 15 is 0 Å². The summed E-state index contributed by atoms with van der Waals surface area (Å²) in [6, 6.07) is 19.8. The maximum Gasteiger partial charge on any atom is 0.255 e. The second-order valence-electron chi connectivity index (χ2n) is 8.70. The van der Waals surface area contributed by atoms with E-state index in [9.17, 15) is 4.79 Å². The van der Waals surface area contributed by atoms with Crippen LogP contribution in [0.25, 0.3) is 38.6 Å². The summed E-state index contributed by atoms with van der Waals surface area (Å²) < 4.78 is 3.74. The molecule has 0 radical (unpaired) electrons. The molecule has 5 aromatic rings. The third kappa shape index (κ3) is 3.83. The number of nitrogens with zero attached hydrogens (tertiary/aromatic N) is 5. The van der Waals surface area contributed by atoms with Crippen molar-refractivity contribution in [3.05, 3.63) is 89.6 Å². The summed E-state index contributed by atoms with van der Waals surface area (Å²) in [4.78, 5) is 20.0. The lowest BCUT2D eigenvalue weighted by molar-refractivity contribution is 0.318. The Balaban J connectivity index is 1.28. The summed E-state index contributed by atoms with van der Waals surface area (Å²) in [6.07, 6.45) is 8.17. The van der Waals surface area contributed by atoms with E-state index in [0.29, 0.717) is 0 Å². The Morgan fingerprint density at radius 2 is 1.67 bits per heavy atom. The standard InChI is InChI=1S/C27H25N5O/c33-27-17-21(25-16-20-5-1-2-6-22(20)18-28-25)9-12-31(27)24-7-8-26-23(15-24)19-29-32(26)14-13-30-10-3-4-11-30/h1-2,5-9,12,15-19H,3-4,10-11,13-14H2. The molecule has 0 bridgehead atoms. The van der Waals surface area contributed by atoms with Crippen molar-refractivity contribution >= 4 is 21.7 Å². The van der Waals surface area contributed by atoms with Gasteiger partial charge in [-0.2, -0.15) is 5.10 Å². The summed E-state index contributed by atoms with van der Waals surface area (Å²) in [6.45, 7) is 4.30. The fraction of sp³-hybridized carbons (Fsp3) is 0.222. The quantitative estimate of drug-likeness (QED) is 0.408. The molecule has 0 saturated carbocycles. The molecule has 6 heteroatoms. The van der Waals surface area contributed by atoms with Gasteiger partial charge in [0, 0.05) is 47.0 Å². The summed E-state index contributed by atoms with van der Waals surface area (Å²) in [5.41, 5.74) is 3.47. The minimum absolute atomic E-state index is 0.0803. The predicted octanol–water partition coefficient (Wildman–Crippen LogP) is 4.50.